The summed E-state index contributed by atoms with van der Waals surface area (Å²) in [6.07, 6.45) is 5.95. The fourth-order valence-corrected chi connectivity index (χ4v) is 1.18. The van der Waals surface area contributed by atoms with E-state index in [9.17, 15) is 0 Å². The Morgan fingerprint density at radius 3 is 2.31 bits per heavy atom. The van der Waals surface area contributed by atoms with Crippen molar-refractivity contribution in [3.63, 3.8) is 0 Å². The van der Waals surface area contributed by atoms with Crippen molar-refractivity contribution in [1.29, 1.82) is 0 Å². The highest BCUT2D eigenvalue weighted by Crippen LogP contribution is 2.12. The van der Waals surface area contributed by atoms with E-state index in [0.717, 1.165) is 6.54 Å². The van der Waals surface area contributed by atoms with Gasteiger partial charge in [0.15, 0.2) is 0 Å². The summed E-state index contributed by atoms with van der Waals surface area (Å²) in [4.78, 5) is 0. The van der Waals surface area contributed by atoms with Gasteiger partial charge in [-0.3, -0.25) is 0 Å². The molecule has 0 aliphatic rings. The molecule has 0 amide bonds. The summed E-state index contributed by atoms with van der Waals surface area (Å²) in [6, 6.07) is 0.519. The fraction of sp³-hybridized carbons (Fsp3) is 0.500. The standard InChI is InChI=1S/C12H21N/c1-6-11(7-2)12(8-3)9-13-10(4)5/h6-8,10,12-13H,1,3,9H2,2,4-5H3/b11-7+. The second kappa shape index (κ2) is 6.67. The van der Waals surface area contributed by atoms with Gasteiger partial charge in [0, 0.05) is 18.5 Å². The summed E-state index contributed by atoms with van der Waals surface area (Å²) in [5.41, 5.74) is 1.24. The van der Waals surface area contributed by atoms with Crippen LogP contribution in [0.25, 0.3) is 0 Å². The van der Waals surface area contributed by atoms with Crippen molar-refractivity contribution < 1.29 is 0 Å². The molecule has 0 bridgehead atoms. The molecule has 0 saturated heterocycles. The van der Waals surface area contributed by atoms with Gasteiger partial charge >= 0.3 is 0 Å². The smallest absolute Gasteiger partial charge is 0.0137 e. The van der Waals surface area contributed by atoms with Crippen molar-refractivity contribution >= 4 is 0 Å². The van der Waals surface area contributed by atoms with E-state index >= 15 is 0 Å². The molecule has 0 rings (SSSR count). The van der Waals surface area contributed by atoms with Crippen LogP contribution in [0.1, 0.15) is 20.8 Å². The molecule has 13 heavy (non-hydrogen) atoms. The average molecular weight is 179 g/mol. The second-order valence-electron chi connectivity index (χ2n) is 3.40. The van der Waals surface area contributed by atoms with Crippen LogP contribution < -0.4 is 5.32 Å². The van der Waals surface area contributed by atoms with Gasteiger partial charge in [-0.2, -0.15) is 0 Å². The van der Waals surface area contributed by atoms with Crippen molar-refractivity contribution in [2.45, 2.75) is 26.8 Å². The number of hydrogen-bond donors (Lipinski definition) is 1. The van der Waals surface area contributed by atoms with Crippen LogP contribution in [0, 0.1) is 5.92 Å². The third-order valence-corrected chi connectivity index (χ3v) is 2.03. The van der Waals surface area contributed by atoms with Gasteiger partial charge in [-0.05, 0) is 12.5 Å². The highest BCUT2D eigenvalue weighted by molar-refractivity contribution is 5.22. The summed E-state index contributed by atoms with van der Waals surface area (Å²) in [5, 5.41) is 3.39. The molecule has 0 aliphatic heterocycles. The molecule has 0 aliphatic carbocycles. The molecule has 1 atom stereocenters. The van der Waals surface area contributed by atoms with E-state index in [1.54, 1.807) is 0 Å². The molecule has 1 N–H and O–H groups in total. The van der Waals surface area contributed by atoms with E-state index in [1.807, 2.05) is 19.1 Å². The zero-order chi connectivity index (χ0) is 10.3. The highest BCUT2D eigenvalue weighted by Gasteiger charge is 2.06. The van der Waals surface area contributed by atoms with Crippen molar-refractivity contribution in [1.82, 2.24) is 5.32 Å². The number of nitrogens with one attached hydrogen (secondary N) is 1. The Morgan fingerprint density at radius 1 is 1.38 bits per heavy atom. The lowest BCUT2D eigenvalue weighted by atomic mass is 9.98. The van der Waals surface area contributed by atoms with Gasteiger partial charge in [0.25, 0.3) is 0 Å². The van der Waals surface area contributed by atoms with E-state index in [1.165, 1.54) is 5.57 Å². The van der Waals surface area contributed by atoms with Crippen molar-refractivity contribution in [2.75, 3.05) is 6.54 Å². The van der Waals surface area contributed by atoms with Crippen LogP contribution in [0.4, 0.5) is 0 Å². The fourth-order valence-electron chi connectivity index (χ4n) is 1.18. The maximum atomic E-state index is 3.83. The summed E-state index contributed by atoms with van der Waals surface area (Å²) < 4.78 is 0. The van der Waals surface area contributed by atoms with Crippen LogP contribution in [0.3, 0.4) is 0 Å². The van der Waals surface area contributed by atoms with Crippen LogP contribution in [-0.2, 0) is 0 Å². The molecule has 0 spiro atoms. The first-order valence-electron chi connectivity index (χ1n) is 4.80. The van der Waals surface area contributed by atoms with Gasteiger partial charge in [0.1, 0.15) is 0 Å². The molecular weight excluding hydrogens is 158 g/mol. The third kappa shape index (κ3) is 4.69. The minimum atomic E-state index is 0.380. The van der Waals surface area contributed by atoms with E-state index in [2.05, 4.69) is 38.4 Å². The van der Waals surface area contributed by atoms with E-state index in [0.29, 0.717) is 12.0 Å². The second-order valence-corrected chi connectivity index (χ2v) is 3.40. The minimum absolute atomic E-state index is 0.380. The zero-order valence-electron chi connectivity index (χ0n) is 9.01. The van der Waals surface area contributed by atoms with Crippen LogP contribution >= 0.6 is 0 Å². The molecule has 0 heterocycles. The summed E-state index contributed by atoms with van der Waals surface area (Å²) in [5.74, 6) is 0.380. The Kier molecular flexibility index (Phi) is 6.25. The maximum absolute atomic E-state index is 3.83. The first-order chi connectivity index (χ1) is 6.15. The monoisotopic (exact) mass is 179 g/mol. The predicted octanol–water partition coefficient (Wildman–Crippen LogP) is 2.92. The van der Waals surface area contributed by atoms with Crippen LogP contribution in [0.15, 0.2) is 37.0 Å². The third-order valence-electron chi connectivity index (χ3n) is 2.03. The first-order valence-corrected chi connectivity index (χ1v) is 4.80. The Labute approximate surface area is 82.2 Å². The van der Waals surface area contributed by atoms with Gasteiger partial charge in [-0.25, -0.2) is 0 Å². The van der Waals surface area contributed by atoms with Gasteiger partial charge in [-0.1, -0.05) is 38.7 Å². The average Bonchev–Trinajstić information content (AvgIpc) is 2.11. The topological polar surface area (TPSA) is 12.0 Å². The lowest BCUT2D eigenvalue weighted by Crippen LogP contribution is -2.28. The van der Waals surface area contributed by atoms with Crippen LogP contribution in [0.2, 0.25) is 0 Å². The molecule has 0 aromatic heterocycles. The number of hydrogen-bond acceptors (Lipinski definition) is 1. The number of rotatable bonds is 6. The van der Waals surface area contributed by atoms with Gasteiger partial charge in [0.05, 0.1) is 0 Å². The summed E-state index contributed by atoms with van der Waals surface area (Å²) in [6.45, 7) is 14.9. The molecular formula is C12H21N. The lowest BCUT2D eigenvalue weighted by Gasteiger charge is -2.16. The highest BCUT2D eigenvalue weighted by atomic mass is 14.9. The summed E-state index contributed by atoms with van der Waals surface area (Å²) in [7, 11) is 0. The SMILES string of the molecule is C=C/C(=C\C)C(C=C)CNC(C)C. The maximum Gasteiger partial charge on any atom is 0.0137 e. The van der Waals surface area contributed by atoms with Crippen molar-refractivity contribution in [3.8, 4) is 0 Å². The molecule has 74 valence electrons. The normalized spacial score (nSPS) is 14.3. The predicted molar refractivity (Wildman–Crippen MR) is 60.8 cm³/mol. The van der Waals surface area contributed by atoms with Crippen molar-refractivity contribution in [2.24, 2.45) is 5.92 Å². The Bertz CT molecular complexity index is 189. The first kappa shape index (κ1) is 12.2. The lowest BCUT2D eigenvalue weighted by molar-refractivity contribution is 0.548. The molecule has 0 fully saturated rings. The molecule has 0 radical (unpaired) electrons. The molecule has 1 nitrogen and oxygen atoms in total. The Hall–Kier alpha value is -0.820. The van der Waals surface area contributed by atoms with Crippen LogP contribution in [0.5, 0.6) is 0 Å². The van der Waals surface area contributed by atoms with Crippen LogP contribution in [-0.4, -0.2) is 12.6 Å². The summed E-state index contributed by atoms with van der Waals surface area (Å²) >= 11 is 0. The van der Waals surface area contributed by atoms with Gasteiger partial charge in [-0.15, -0.1) is 6.58 Å². The zero-order valence-corrected chi connectivity index (χ0v) is 9.01. The van der Waals surface area contributed by atoms with Gasteiger partial charge < -0.3 is 5.32 Å². The quantitative estimate of drug-likeness (QED) is 0.488. The molecule has 0 saturated carbocycles. The van der Waals surface area contributed by atoms with E-state index < -0.39 is 0 Å². The largest absolute Gasteiger partial charge is 0.314 e. The van der Waals surface area contributed by atoms with E-state index in [4.69, 9.17) is 0 Å². The molecule has 0 aromatic rings. The molecule has 1 heteroatoms. The molecule has 1 unspecified atom stereocenters. The van der Waals surface area contributed by atoms with E-state index in [-0.39, 0.29) is 0 Å². The van der Waals surface area contributed by atoms with Crippen molar-refractivity contribution in [3.05, 3.63) is 37.0 Å². The number of allylic oxidation sites excluding steroid dienone is 2. The Morgan fingerprint density at radius 2 is 2.00 bits per heavy atom. The minimum Gasteiger partial charge on any atom is -0.314 e. The Balaban J connectivity index is 4.17. The molecule has 0 aromatic carbocycles. The van der Waals surface area contributed by atoms with Gasteiger partial charge in [0.2, 0.25) is 0 Å².